The highest BCUT2D eigenvalue weighted by Crippen LogP contribution is 2.15. The average Bonchev–Trinajstić information content (AvgIpc) is 2.30. The fourth-order valence-electron chi connectivity index (χ4n) is 1.81. The van der Waals surface area contributed by atoms with Gasteiger partial charge >= 0.3 is 0 Å². The van der Waals surface area contributed by atoms with Gasteiger partial charge in [-0.05, 0) is 31.8 Å². The Morgan fingerprint density at radius 1 is 1.56 bits per heavy atom. The molecule has 0 radical (unpaired) electrons. The van der Waals surface area contributed by atoms with Gasteiger partial charge in [-0.25, -0.2) is 9.97 Å². The van der Waals surface area contributed by atoms with Crippen LogP contribution < -0.4 is 5.32 Å². The molecule has 1 fully saturated rings. The fraction of sp³-hybridized carbons (Fsp3) is 0.600. The summed E-state index contributed by atoms with van der Waals surface area (Å²) < 4.78 is 12.0. The third-order valence-electron chi connectivity index (χ3n) is 2.63. The van der Waals surface area contributed by atoms with Crippen LogP contribution in [-0.4, -0.2) is 33.0 Å². The molecule has 0 saturated carbocycles. The van der Waals surface area contributed by atoms with Crippen LogP contribution in [0.5, 0.6) is 0 Å². The Morgan fingerprint density at radius 3 is 3.12 bits per heavy atom. The lowest BCUT2D eigenvalue weighted by Gasteiger charge is -2.21. The lowest BCUT2D eigenvalue weighted by Crippen LogP contribution is -2.32. The molecular weight excluding hydrogens is 246 g/mol. The molecule has 2 atom stereocenters. The smallest absolute Gasteiger partial charge is 0.133 e. The molecule has 0 aromatic carbocycles. The second kappa shape index (κ2) is 5.70. The van der Waals surface area contributed by atoms with Gasteiger partial charge < -0.3 is 5.32 Å². The molecule has 0 aliphatic carbocycles. The van der Waals surface area contributed by atoms with Crippen LogP contribution in [0.3, 0.4) is 0 Å². The molecule has 2 unspecified atom stereocenters. The fourth-order valence-corrected chi connectivity index (χ4v) is 3.31. The molecule has 88 valence electrons. The maximum Gasteiger partial charge on any atom is 0.133 e. The number of nitrogens with one attached hydrogen (secondary N) is 1. The van der Waals surface area contributed by atoms with Crippen molar-refractivity contribution in [2.24, 2.45) is 5.92 Å². The van der Waals surface area contributed by atoms with Crippen LogP contribution in [0.4, 0.5) is 0 Å². The Hall–Kier alpha value is -0.520. The van der Waals surface area contributed by atoms with Crippen LogP contribution in [0.2, 0.25) is 5.15 Å². The van der Waals surface area contributed by atoms with Gasteiger partial charge in [-0.2, -0.15) is 0 Å². The van der Waals surface area contributed by atoms with E-state index < -0.39 is 10.8 Å². The van der Waals surface area contributed by atoms with Gasteiger partial charge in [-0.1, -0.05) is 11.6 Å². The van der Waals surface area contributed by atoms with Crippen molar-refractivity contribution >= 4 is 22.4 Å². The topological polar surface area (TPSA) is 54.9 Å². The van der Waals surface area contributed by atoms with Crippen molar-refractivity contribution in [3.8, 4) is 0 Å². The van der Waals surface area contributed by atoms with Crippen molar-refractivity contribution in [1.82, 2.24) is 15.3 Å². The average molecular weight is 260 g/mol. The summed E-state index contributed by atoms with van der Waals surface area (Å²) in [5, 5.41) is 4.19. The van der Waals surface area contributed by atoms with Crippen LogP contribution in [-0.2, 0) is 10.8 Å². The van der Waals surface area contributed by atoms with E-state index in [0.29, 0.717) is 21.8 Å². The zero-order valence-electron chi connectivity index (χ0n) is 8.86. The van der Waals surface area contributed by atoms with Gasteiger partial charge in [0, 0.05) is 11.8 Å². The van der Waals surface area contributed by atoms with E-state index in [1.165, 1.54) is 6.33 Å². The Bertz CT molecular complexity index is 382. The lowest BCUT2D eigenvalue weighted by atomic mass is 10.0. The molecule has 0 amide bonds. The predicted octanol–water partition coefficient (Wildman–Crippen LogP) is 1.24. The molecule has 0 bridgehead atoms. The van der Waals surface area contributed by atoms with Crippen LogP contribution in [0.15, 0.2) is 17.4 Å². The van der Waals surface area contributed by atoms with E-state index in [-0.39, 0.29) is 0 Å². The van der Waals surface area contributed by atoms with E-state index in [0.717, 1.165) is 25.9 Å². The van der Waals surface area contributed by atoms with E-state index in [4.69, 9.17) is 11.6 Å². The highest BCUT2D eigenvalue weighted by atomic mass is 35.5. The maximum atomic E-state index is 12.0. The summed E-state index contributed by atoms with van der Waals surface area (Å²) in [4.78, 5) is 7.77. The standard InChI is InChI=1S/C10H14ClN3OS/c11-9-4-10(14-7-13-9)16(15)6-8-2-1-3-12-5-8/h4,7-8,12H,1-3,5-6H2. The highest BCUT2D eigenvalue weighted by Gasteiger charge is 2.17. The Morgan fingerprint density at radius 2 is 2.44 bits per heavy atom. The van der Waals surface area contributed by atoms with Crippen LogP contribution in [0, 0.1) is 5.92 Å². The third kappa shape index (κ3) is 3.23. The largest absolute Gasteiger partial charge is 0.316 e. The molecule has 1 aromatic heterocycles. The SMILES string of the molecule is O=S(CC1CCCNC1)c1cc(Cl)ncn1. The summed E-state index contributed by atoms with van der Waals surface area (Å²) in [6.45, 7) is 2.02. The van der Waals surface area contributed by atoms with E-state index in [1.807, 2.05) is 0 Å². The van der Waals surface area contributed by atoms with E-state index in [2.05, 4.69) is 15.3 Å². The van der Waals surface area contributed by atoms with Crippen molar-refractivity contribution in [2.75, 3.05) is 18.8 Å². The Labute approximate surface area is 102 Å². The first-order valence-corrected chi connectivity index (χ1v) is 7.02. The van der Waals surface area contributed by atoms with Crippen molar-refractivity contribution in [3.05, 3.63) is 17.5 Å². The van der Waals surface area contributed by atoms with Gasteiger partial charge in [0.1, 0.15) is 16.5 Å². The number of rotatable bonds is 3. The second-order valence-electron chi connectivity index (χ2n) is 3.90. The number of piperidine rings is 1. The second-order valence-corrected chi connectivity index (χ2v) is 5.73. The molecule has 1 saturated heterocycles. The van der Waals surface area contributed by atoms with Gasteiger partial charge in [0.2, 0.25) is 0 Å². The monoisotopic (exact) mass is 259 g/mol. The minimum Gasteiger partial charge on any atom is -0.316 e. The summed E-state index contributed by atoms with van der Waals surface area (Å²) >= 11 is 5.73. The van der Waals surface area contributed by atoms with Gasteiger partial charge in [0.05, 0.1) is 10.8 Å². The number of halogens is 1. The highest BCUT2D eigenvalue weighted by molar-refractivity contribution is 7.85. The minimum absolute atomic E-state index is 0.347. The molecule has 2 rings (SSSR count). The van der Waals surface area contributed by atoms with E-state index in [1.54, 1.807) is 6.07 Å². The number of hydrogen-bond acceptors (Lipinski definition) is 4. The number of aromatic nitrogens is 2. The van der Waals surface area contributed by atoms with E-state index in [9.17, 15) is 4.21 Å². The van der Waals surface area contributed by atoms with Crippen molar-refractivity contribution in [1.29, 1.82) is 0 Å². The molecule has 2 heterocycles. The summed E-state index contributed by atoms with van der Waals surface area (Å²) in [7, 11) is -1.07. The first-order valence-electron chi connectivity index (χ1n) is 5.32. The normalized spacial score (nSPS) is 22.9. The molecule has 4 nitrogen and oxygen atoms in total. The summed E-state index contributed by atoms with van der Waals surface area (Å²) in [6.07, 6.45) is 3.65. The minimum atomic E-state index is -1.07. The van der Waals surface area contributed by atoms with Gasteiger partial charge in [-0.3, -0.25) is 4.21 Å². The Balaban J connectivity index is 1.97. The van der Waals surface area contributed by atoms with Crippen molar-refractivity contribution in [2.45, 2.75) is 17.9 Å². The van der Waals surface area contributed by atoms with Crippen molar-refractivity contribution in [3.63, 3.8) is 0 Å². The van der Waals surface area contributed by atoms with Crippen LogP contribution >= 0.6 is 11.6 Å². The van der Waals surface area contributed by atoms with Crippen LogP contribution in [0.1, 0.15) is 12.8 Å². The first-order chi connectivity index (χ1) is 7.75. The number of hydrogen-bond donors (Lipinski definition) is 1. The zero-order chi connectivity index (χ0) is 11.4. The van der Waals surface area contributed by atoms with Gasteiger partial charge in [-0.15, -0.1) is 0 Å². The lowest BCUT2D eigenvalue weighted by molar-refractivity contribution is 0.408. The maximum absolute atomic E-state index is 12.0. The van der Waals surface area contributed by atoms with Crippen molar-refractivity contribution < 1.29 is 4.21 Å². The molecule has 1 N–H and O–H groups in total. The Kier molecular flexibility index (Phi) is 4.26. The van der Waals surface area contributed by atoms with Gasteiger partial charge in [0.15, 0.2) is 0 Å². The molecular formula is C10H14ClN3OS. The summed E-state index contributed by atoms with van der Waals surface area (Å²) in [5.41, 5.74) is 0. The van der Waals surface area contributed by atoms with E-state index >= 15 is 0 Å². The summed E-state index contributed by atoms with van der Waals surface area (Å²) in [6, 6.07) is 1.58. The zero-order valence-corrected chi connectivity index (χ0v) is 10.4. The quantitative estimate of drug-likeness (QED) is 0.830. The molecule has 6 heteroatoms. The molecule has 16 heavy (non-hydrogen) atoms. The predicted molar refractivity (Wildman–Crippen MR) is 63.9 cm³/mol. The van der Waals surface area contributed by atoms with Crippen LogP contribution in [0.25, 0.3) is 0 Å². The molecule has 0 spiro atoms. The number of nitrogens with zero attached hydrogens (tertiary/aromatic N) is 2. The molecule has 1 aromatic rings. The first kappa shape index (κ1) is 12.0. The molecule has 1 aliphatic heterocycles. The van der Waals surface area contributed by atoms with Gasteiger partial charge in [0.25, 0.3) is 0 Å². The summed E-state index contributed by atoms with van der Waals surface area (Å²) in [5.74, 6) is 1.13. The third-order valence-corrected chi connectivity index (χ3v) is 4.30. The molecule has 1 aliphatic rings.